The van der Waals surface area contributed by atoms with E-state index in [9.17, 15) is 19.2 Å². The number of likely N-dealkylation sites (tertiary alicyclic amines) is 4. The van der Waals surface area contributed by atoms with Crippen molar-refractivity contribution in [2.45, 2.75) is 151 Å². The van der Waals surface area contributed by atoms with Gasteiger partial charge in [-0.05, 0) is 140 Å². The summed E-state index contributed by atoms with van der Waals surface area (Å²) in [6.45, 7) is 11.8. The van der Waals surface area contributed by atoms with Crippen LogP contribution < -0.4 is 21.3 Å². The number of benzene rings is 4. The van der Waals surface area contributed by atoms with Crippen LogP contribution in [0.5, 0.6) is 0 Å². The predicted molar refractivity (Wildman–Crippen MR) is 315 cm³/mol. The van der Waals surface area contributed by atoms with Gasteiger partial charge in [-0.25, -0.2) is 0 Å². The lowest BCUT2D eigenvalue weighted by molar-refractivity contribution is -0.142. The highest BCUT2D eigenvalue weighted by molar-refractivity contribution is 5.91. The minimum atomic E-state index is -0.927. The second kappa shape index (κ2) is 29.9. The van der Waals surface area contributed by atoms with E-state index in [4.69, 9.17) is 9.47 Å². The molecule has 4 heterocycles. The van der Waals surface area contributed by atoms with Crippen LogP contribution in [0.2, 0.25) is 0 Å². The summed E-state index contributed by atoms with van der Waals surface area (Å²) in [7, 11) is 3.43. The zero-order chi connectivity index (χ0) is 56.4. The first-order chi connectivity index (χ1) is 39.0. The highest BCUT2D eigenvalue weighted by Crippen LogP contribution is 2.39. The third kappa shape index (κ3) is 15.3. The van der Waals surface area contributed by atoms with Crippen LogP contribution in [-0.4, -0.2) is 170 Å². The molecule has 4 aromatic rings. The molecule has 0 aliphatic carbocycles. The smallest absolute Gasteiger partial charge is 0.248 e. The lowest BCUT2D eigenvalue weighted by Crippen LogP contribution is -2.58. The minimum Gasteiger partial charge on any atom is -0.363 e. The maximum absolute atomic E-state index is 14.7. The van der Waals surface area contributed by atoms with E-state index in [1.165, 1.54) is 22.3 Å². The van der Waals surface area contributed by atoms with Crippen molar-refractivity contribution < 1.29 is 28.7 Å². The molecule has 4 N–H and O–H groups in total. The zero-order valence-corrected chi connectivity index (χ0v) is 48.0. The van der Waals surface area contributed by atoms with Crippen LogP contribution in [0.1, 0.15) is 113 Å². The molecule has 4 saturated heterocycles. The topological polar surface area (TPSA) is 148 Å². The molecule has 0 bridgehead atoms. The van der Waals surface area contributed by atoms with Crippen molar-refractivity contribution >= 4 is 23.6 Å². The SMILES string of the molecule is CN[C@@H](C)C(=O)N[C@H](C(=O)N1CCC[C@H]1CN1CCC[C@H]1C(c1ccccc1)c1ccccc1)[C@@H](C)OCC#CC#CCO[C@H](C)[C@H](NC(=O)[C@H](C)NC)C(=O)N1CCC[C@H]1CN1CCC[C@H]1C(c1ccccc1)c1ccccc1. The van der Waals surface area contributed by atoms with E-state index in [1.807, 2.05) is 9.80 Å². The molecule has 4 aromatic carbocycles. The Kier molecular flexibility index (Phi) is 22.3. The van der Waals surface area contributed by atoms with Gasteiger partial charge in [0.25, 0.3) is 0 Å². The van der Waals surface area contributed by atoms with Gasteiger partial charge in [-0.3, -0.25) is 29.0 Å². The number of carbonyl (C=O) groups is 4. The van der Waals surface area contributed by atoms with Crippen molar-refractivity contribution in [3.63, 3.8) is 0 Å². The third-order valence-corrected chi connectivity index (χ3v) is 17.2. The van der Waals surface area contributed by atoms with Crippen LogP contribution >= 0.6 is 0 Å². The normalized spacial score (nSPS) is 21.7. The Morgan fingerprint density at radius 1 is 0.487 bits per heavy atom. The van der Waals surface area contributed by atoms with E-state index < -0.39 is 36.4 Å². The fourth-order valence-corrected chi connectivity index (χ4v) is 12.6. The number of nitrogens with zero attached hydrogens (tertiary/aromatic N) is 4. The van der Waals surface area contributed by atoms with Gasteiger partial charge in [0.15, 0.2) is 0 Å². The summed E-state index contributed by atoms with van der Waals surface area (Å²) in [5.74, 6) is 11.1. The third-order valence-electron chi connectivity index (χ3n) is 17.2. The Balaban J connectivity index is 0.876. The maximum Gasteiger partial charge on any atom is 0.248 e. The Morgan fingerprint density at radius 2 is 0.812 bits per heavy atom. The van der Waals surface area contributed by atoms with Gasteiger partial charge in [0.1, 0.15) is 25.3 Å². The highest BCUT2D eigenvalue weighted by atomic mass is 16.5. The van der Waals surface area contributed by atoms with Crippen LogP contribution in [0, 0.1) is 23.7 Å². The summed E-state index contributed by atoms with van der Waals surface area (Å²) in [6.07, 6.45) is 6.49. The zero-order valence-electron chi connectivity index (χ0n) is 48.0. The molecule has 0 radical (unpaired) electrons. The van der Waals surface area contributed by atoms with Crippen molar-refractivity contribution in [1.29, 1.82) is 0 Å². The average Bonchev–Trinajstić information content (AvgIpc) is 4.39. The summed E-state index contributed by atoms with van der Waals surface area (Å²) in [5.41, 5.74) is 5.18. The van der Waals surface area contributed by atoms with E-state index in [0.29, 0.717) is 13.1 Å². The molecule has 14 heteroatoms. The summed E-state index contributed by atoms with van der Waals surface area (Å²) < 4.78 is 12.4. The van der Waals surface area contributed by atoms with Gasteiger partial charge in [-0.15, -0.1) is 0 Å². The number of ether oxygens (including phenoxy) is 2. The van der Waals surface area contributed by atoms with E-state index in [-0.39, 0.29) is 72.8 Å². The first kappa shape index (κ1) is 59.8. The van der Waals surface area contributed by atoms with Crippen LogP contribution in [0.25, 0.3) is 0 Å². The number of hydrogen-bond acceptors (Lipinski definition) is 10. The summed E-state index contributed by atoms with van der Waals surface area (Å²) in [6, 6.07) is 40.7. The van der Waals surface area contributed by atoms with Gasteiger partial charge in [0, 0.05) is 62.2 Å². The largest absolute Gasteiger partial charge is 0.363 e. The van der Waals surface area contributed by atoms with E-state index in [1.54, 1.807) is 41.8 Å². The quantitative estimate of drug-likeness (QED) is 0.0569. The summed E-state index contributed by atoms with van der Waals surface area (Å²) >= 11 is 0. The number of carbonyl (C=O) groups excluding carboxylic acids is 4. The molecular weight excluding hydrogens is 1000 g/mol. The van der Waals surface area contributed by atoms with Crippen molar-refractivity contribution in [2.24, 2.45) is 0 Å². The van der Waals surface area contributed by atoms with Crippen molar-refractivity contribution in [1.82, 2.24) is 40.9 Å². The monoisotopic (exact) mass is 1090 g/mol. The maximum atomic E-state index is 14.7. The number of amides is 4. The molecule has 426 valence electrons. The number of hydrogen-bond donors (Lipinski definition) is 4. The molecule has 4 aliphatic rings. The molecule has 80 heavy (non-hydrogen) atoms. The van der Waals surface area contributed by atoms with Gasteiger partial charge < -0.3 is 40.5 Å². The Morgan fingerprint density at radius 3 is 1.14 bits per heavy atom. The van der Waals surface area contributed by atoms with Crippen LogP contribution in [0.15, 0.2) is 121 Å². The van der Waals surface area contributed by atoms with Gasteiger partial charge in [-0.2, -0.15) is 0 Å². The van der Waals surface area contributed by atoms with Crippen LogP contribution in [0.4, 0.5) is 0 Å². The number of rotatable bonds is 24. The number of likely N-dealkylation sites (N-methyl/N-ethyl adjacent to an activating group) is 2. The average molecular weight is 1090 g/mol. The van der Waals surface area contributed by atoms with E-state index in [0.717, 1.165) is 77.5 Å². The number of nitrogens with one attached hydrogen (secondary N) is 4. The molecule has 8 rings (SSSR count). The minimum absolute atomic E-state index is 0.00516. The van der Waals surface area contributed by atoms with E-state index >= 15 is 0 Å². The Hall–Kier alpha value is -6.36. The predicted octanol–water partition coefficient (Wildman–Crippen LogP) is 6.56. The van der Waals surface area contributed by atoms with E-state index in [2.05, 4.69) is 176 Å². The molecule has 4 fully saturated rings. The molecule has 10 atom stereocenters. The molecule has 0 saturated carbocycles. The van der Waals surface area contributed by atoms with Gasteiger partial charge in [-0.1, -0.05) is 133 Å². The summed E-state index contributed by atoms with van der Waals surface area (Å²) in [5, 5.41) is 12.0. The second-order valence-corrected chi connectivity index (χ2v) is 22.3. The molecular formula is C66H86N8O6. The summed E-state index contributed by atoms with van der Waals surface area (Å²) in [4.78, 5) is 65.3. The fourth-order valence-electron chi connectivity index (χ4n) is 12.6. The standard InChI is InChI=1S/C66H86N8O6/c1-47(67-5)63(75)69-61(65(77)73-41-23-35-55(73)45-71-39-25-37-57(71)59(51-27-13-9-14-28-51)52-29-15-10-16-30-52)49(3)79-43-21-7-8-22-44-80-50(4)62(70-64(76)48(2)68-6)66(78)74-42-24-36-56(74)46-72-40-26-38-58(72)60(53-31-17-11-18-32-53)54-33-19-12-20-34-54/h9-20,27-34,47-50,55-62,67-68H,23-26,35-46H2,1-6H3,(H,69,75)(H,70,76)/t47-,48-,49+,50+,55-,56-,57-,58-,61-,62-/m0/s1. The van der Waals surface area contributed by atoms with Gasteiger partial charge >= 0.3 is 0 Å². The van der Waals surface area contributed by atoms with Gasteiger partial charge in [0.2, 0.25) is 23.6 Å². The lowest BCUT2D eigenvalue weighted by Gasteiger charge is -2.37. The Bertz CT molecular complexity index is 2460. The fraction of sp³-hybridized carbons (Fsp3) is 0.515. The second-order valence-electron chi connectivity index (χ2n) is 22.3. The molecule has 4 amide bonds. The van der Waals surface area contributed by atoms with Crippen molar-refractivity contribution in [3.8, 4) is 23.7 Å². The molecule has 0 aromatic heterocycles. The lowest BCUT2D eigenvalue weighted by atomic mass is 9.83. The highest BCUT2D eigenvalue weighted by Gasteiger charge is 2.43. The molecule has 4 aliphatic heterocycles. The van der Waals surface area contributed by atoms with Crippen molar-refractivity contribution in [2.75, 3.05) is 66.6 Å². The van der Waals surface area contributed by atoms with Crippen LogP contribution in [-0.2, 0) is 28.7 Å². The first-order valence-corrected chi connectivity index (χ1v) is 29.4. The Labute approximate surface area is 476 Å². The van der Waals surface area contributed by atoms with Crippen LogP contribution in [0.3, 0.4) is 0 Å². The van der Waals surface area contributed by atoms with Gasteiger partial charge in [0.05, 0.1) is 24.3 Å². The molecule has 0 unspecified atom stereocenters. The first-order valence-electron chi connectivity index (χ1n) is 29.4. The van der Waals surface area contributed by atoms with Crippen molar-refractivity contribution in [3.05, 3.63) is 144 Å². The molecule has 14 nitrogen and oxygen atoms in total. The molecule has 0 spiro atoms.